The van der Waals surface area contributed by atoms with Gasteiger partial charge in [-0.3, -0.25) is 0 Å². The molecule has 5 nitrogen and oxygen atoms in total. The van der Waals surface area contributed by atoms with Crippen LogP contribution in [0.25, 0.3) is 0 Å². The Labute approximate surface area is 121 Å². The highest BCUT2D eigenvalue weighted by molar-refractivity contribution is 5.81. The van der Waals surface area contributed by atoms with Gasteiger partial charge >= 0.3 is 12.1 Å². The van der Waals surface area contributed by atoms with Crippen molar-refractivity contribution < 1.29 is 19.1 Å². The maximum absolute atomic E-state index is 11.9. The third-order valence-electron chi connectivity index (χ3n) is 3.66. The minimum Gasteiger partial charge on any atom is -0.461 e. The summed E-state index contributed by atoms with van der Waals surface area (Å²) in [6.07, 6.45) is 2.26. The molecule has 0 radical (unpaired) electrons. The summed E-state index contributed by atoms with van der Waals surface area (Å²) < 4.78 is 10.5. The van der Waals surface area contributed by atoms with Crippen LogP contribution in [0.15, 0.2) is 0 Å². The third kappa shape index (κ3) is 5.02. The van der Waals surface area contributed by atoms with E-state index < -0.39 is 23.7 Å². The molecular formula is C15H27NO4. The Morgan fingerprint density at radius 1 is 1.35 bits per heavy atom. The van der Waals surface area contributed by atoms with E-state index in [2.05, 4.69) is 19.2 Å². The molecule has 0 bridgehead atoms. The van der Waals surface area contributed by atoms with Crippen molar-refractivity contribution in [2.24, 2.45) is 5.41 Å². The zero-order valence-corrected chi connectivity index (χ0v) is 13.4. The second kappa shape index (κ2) is 6.02. The number of carbonyl (C=O) groups is 2. The lowest BCUT2D eigenvalue weighted by atomic mass is 9.66. The second-order valence-electron chi connectivity index (χ2n) is 7.00. The van der Waals surface area contributed by atoms with Crippen LogP contribution < -0.4 is 5.32 Å². The summed E-state index contributed by atoms with van der Waals surface area (Å²) in [7, 11) is 0. The van der Waals surface area contributed by atoms with Crippen molar-refractivity contribution in [1.29, 1.82) is 0 Å². The molecule has 0 unspecified atom stereocenters. The topological polar surface area (TPSA) is 64.6 Å². The molecule has 0 aromatic heterocycles. The molecule has 1 aliphatic rings. The molecule has 1 saturated carbocycles. The summed E-state index contributed by atoms with van der Waals surface area (Å²) in [6, 6.07) is -0.696. The van der Waals surface area contributed by atoms with Crippen molar-refractivity contribution in [2.75, 3.05) is 0 Å². The van der Waals surface area contributed by atoms with E-state index in [1.54, 1.807) is 27.7 Å². The minimum absolute atomic E-state index is 0.0182. The molecule has 0 saturated heterocycles. The van der Waals surface area contributed by atoms with Crippen LogP contribution in [0, 0.1) is 5.41 Å². The average molecular weight is 285 g/mol. The van der Waals surface area contributed by atoms with Gasteiger partial charge in [-0.05, 0) is 46.0 Å². The van der Waals surface area contributed by atoms with E-state index in [1.807, 2.05) is 0 Å². The molecule has 116 valence electrons. The summed E-state index contributed by atoms with van der Waals surface area (Å²) >= 11 is 0. The van der Waals surface area contributed by atoms with Gasteiger partial charge in [0.05, 0.1) is 0 Å². The fourth-order valence-electron chi connectivity index (χ4n) is 2.22. The molecule has 0 aliphatic heterocycles. The number of nitrogens with one attached hydrogen (secondary N) is 1. The molecule has 0 aromatic rings. The first-order chi connectivity index (χ1) is 9.04. The van der Waals surface area contributed by atoms with Crippen LogP contribution in [0.3, 0.4) is 0 Å². The van der Waals surface area contributed by atoms with Gasteiger partial charge in [0.1, 0.15) is 17.7 Å². The SMILES string of the molecule is CCC1(C)CC(OC(=O)[C@H](C)NC(=O)OC(C)(C)C)C1. The van der Waals surface area contributed by atoms with Gasteiger partial charge in [0.15, 0.2) is 0 Å². The van der Waals surface area contributed by atoms with Crippen LogP contribution in [0.4, 0.5) is 4.79 Å². The molecule has 1 aliphatic carbocycles. The smallest absolute Gasteiger partial charge is 0.408 e. The summed E-state index contributed by atoms with van der Waals surface area (Å²) in [5, 5.41) is 2.49. The Balaban J connectivity index is 2.32. The zero-order chi connectivity index (χ0) is 15.6. The molecule has 0 spiro atoms. The van der Waals surface area contributed by atoms with Crippen molar-refractivity contribution in [2.45, 2.75) is 78.6 Å². The largest absolute Gasteiger partial charge is 0.461 e. The predicted octanol–water partition coefficient (Wildman–Crippen LogP) is 3.02. The normalized spacial score (nSPS) is 27.2. The summed E-state index contributed by atoms with van der Waals surface area (Å²) in [6.45, 7) is 11.3. The number of hydrogen-bond donors (Lipinski definition) is 1. The van der Waals surface area contributed by atoms with Gasteiger partial charge in [0.25, 0.3) is 0 Å². The van der Waals surface area contributed by atoms with Gasteiger partial charge in [-0.2, -0.15) is 0 Å². The predicted molar refractivity (Wildman–Crippen MR) is 76.3 cm³/mol. The highest BCUT2D eigenvalue weighted by atomic mass is 16.6. The Kier molecular flexibility index (Phi) is 5.05. The molecular weight excluding hydrogens is 258 g/mol. The van der Waals surface area contributed by atoms with E-state index in [9.17, 15) is 9.59 Å². The molecule has 20 heavy (non-hydrogen) atoms. The summed E-state index contributed by atoms with van der Waals surface area (Å²) in [5.74, 6) is -0.404. The summed E-state index contributed by atoms with van der Waals surface area (Å²) in [5.41, 5.74) is -0.280. The second-order valence-corrected chi connectivity index (χ2v) is 7.00. The number of hydrogen-bond acceptors (Lipinski definition) is 4. The van der Waals surface area contributed by atoms with Crippen molar-refractivity contribution in [1.82, 2.24) is 5.32 Å². The van der Waals surface area contributed by atoms with E-state index in [1.165, 1.54) is 0 Å². The van der Waals surface area contributed by atoms with E-state index in [4.69, 9.17) is 9.47 Å². The highest BCUT2D eigenvalue weighted by Crippen LogP contribution is 2.44. The van der Waals surface area contributed by atoms with Gasteiger partial charge in [0.2, 0.25) is 0 Å². The molecule has 1 N–H and O–H groups in total. The molecule has 1 rings (SSSR count). The van der Waals surface area contributed by atoms with Crippen molar-refractivity contribution in [3.05, 3.63) is 0 Å². The number of rotatable bonds is 4. The van der Waals surface area contributed by atoms with Gasteiger partial charge in [-0.1, -0.05) is 20.3 Å². The highest BCUT2D eigenvalue weighted by Gasteiger charge is 2.41. The van der Waals surface area contributed by atoms with Crippen LogP contribution in [0.1, 0.15) is 60.8 Å². The van der Waals surface area contributed by atoms with E-state index in [0.717, 1.165) is 19.3 Å². The van der Waals surface area contributed by atoms with E-state index >= 15 is 0 Å². The fraction of sp³-hybridized carbons (Fsp3) is 0.867. The van der Waals surface area contributed by atoms with Crippen LogP contribution in [-0.2, 0) is 14.3 Å². The fourth-order valence-corrected chi connectivity index (χ4v) is 2.22. The van der Waals surface area contributed by atoms with E-state index in [-0.39, 0.29) is 6.10 Å². The first-order valence-electron chi connectivity index (χ1n) is 7.25. The van der Waals surface area contributed by atoms with E-state index in [0.29, 0.717) is 5.41 Å². The average Bonchev–Trinajstić information content (AvgIpc) is 2.23. The number of carbonyl (C=O) groups excluding carboxylic acids is 2. The van der Waals surface area contributed by atoms with Crippen LogP contribution in [0.5, 0.6) is 0 Å². The number of ether oxygens (including phenoxy) is 2. The molecule has 5 heteroatoms. The van der Waals surface area contributed by atoms with Crippen LogP contribution in [-0.4, -0.2) is 29.8 Å². The monoisotopic (exact) mass is 285 g/mol. The molecule has 0 heterocycles. The van der Waals surface area contributed by atoms with Crippen LogP contribution >= 0.6 is 0 Å². The van der Waals surface area contributed by atoms with Gasteiger partial charge in [-0.15, -0.1) is 0 Å². The number of amides is 1. The first kappa shape index (κ1) is 16.8. The van der Waals surface area contributed by atoms with Crippen LogP contribution in [0.2, 0.25) is 0 Å². The Morgan fingerprint density at radius 2 is 1.90 bits per heavy atom. The maximum Gasteiger partial charge on any atom is 0.408 e. The number of esters is 1. The number of alkyl carbamates (subject to hydrolysis) is 1. The molecule has 1 amide bonds. The third-order valence-corrected chi connectivity index (χ3v) is 3.66. The lowest BCUT2D eigenvalue weighted by Gasteiger charge is -2.44. The quantitative estimate of drug-likeness (QED) is 0.806. The Hall–Kier alpha value is -1.26. The lowest BCUT2D eigenvalue weighted by Crippen LogP contribution is -2.46. The van der Waals surface area contributed by atoms with Gasteiger partial charge in [-0.25, -0.2) is 9.59 Å². The molecule has 1 atom stereocenters. The standard InChI is InChI=1S/C15H27NO4/c1-7-15(6)8-11(9-15)19-12(17)10(2)16-13(18)20-14(3,4)5/h10-11H,7-9H2,1-6H3,(H,16,18)/t10-,11?,15?/m0/s1. The maximum atomic E-state index is 11.9. The summed E-state index contributed by atoms with van der Waals surface area (Å²) in [4.78, 5) is 23.4. The van der Waals surface area contributed by atoms with Gasteiger partial charge in [0, 0.05) is 0 Å². The van der Waals surface area contributed by atoms with Crippen molar-refractivity contribution in [3.8, 4) is 0 Å². The Bertz CT molecular complexity index is 367. The van der Waals surface area contributed by atoms with Gasteiger partial charge < -0.3 is 14.8 Å². The minimum atomic E-state index is -0.696. The lowest BCUT2D eigenvalue weighted by molar-refractivity contribution is -0.162. The zero-order valence-electron chi connectivity index (χ0n) is 13.4. The Morgan fingerprint density at radius 3 is 2.35 bits per heavy atom. The van der Waals surface area contributed by atoms with Crippen molar-refractivity contribution in [3.63, 3.8) is 0 Å². The molecule has 1 fully saturated rings. The van der Waals surface area contributed by atoms with Crippen molar-refractivity contribution >= 4 is 12.1 Å². The first-order valence-corrected chi connectivity index (χ1v) is 7.25. The molecule has 0 aromatic carbocycles.